The Morgan fingerprint density at radius 1 is 1.14 bits per heavy atom. The van der Waals surface area contributed by atoms with Gasteiger partial charge in [0.15, 0.2) is 0 Å². The number of carboxylic acid groups (broad SMARTS) is 1. The van der Waals surface area contributed by atoms with Crippen LogP contribution in [0.25, 0.3) is 17.3 Å². The molecule has 3 aromatic rings. The van der Waals surface area contributed by atoms with E-state index in [4.69, 9.17) is 37.6 Å². The van der Waals surface area contributed by atoms with E-state index in [0.29, 0.717) is 39.7 Å². The van der Waals surface area contributed by atoms with Crippen LogP contribution in [0.2, 0.25) is 10.0 Å². The SMILES string of the molecule is O=C(O)c1cc(OCCCCC/C=C/c2c(-c3c(Cl)cncc3Cl)noc2C2CC2)cc(C(F)(F)F)c1. The van der Waals surface area contributed by atoms with Gasteiger partial charge in [-0.1, -0.05) is 40.5 Å². The van der Waals surface area contributed by atoms with Crippen LogP contribution in [0.5, 0.6) is 5.75 Å². The van der Waals surface area contributed by atoms with Gasteiger partial charge in [-0.05, 0) is 56.7 Å². The molecular formula is C26H23Cl2F3N2O4. The number of halogens is 5. The summed E-state index contributed by atoms with van der Waals surface area (Å²) < 4.78 is 50.1. The first-order valence-electron chi connectivity index (χ1n) is 11.7. The number of unbranched alkanes of at least 4 members (excludes halogenated alkanes) is 3. The summed E-state index contributed by atoms with van der Waals surface area (Å²) in [7, 11) is 0. The zero-order valence-corrected chi connectivity index (χ0v) is 21.0. The molecule has 1 N–H and O–H groups in total. The third-order valence-corrected chi connectivity index (χ3v) is 6.42. The van der Waals surface area contributed by atoms with E-state index in [2.05, 4.69) is 10.1 Å². The van der Waals surface area contributed by atoms with E-state index in [1.165, 1.54) is 12.4 Å². The lowest BCUT2D eigenvalue weighted by Crippen LogP contribution is -2.09. The first-order valence-corrected chi connectivity index (χ1v) is 12.4. The van der Waals surface area contributed by atoms with Crippen molar-refractivity contribution < 1.29 is 32.3 Å². The number of aromatic nitrogens is 2. The highest BCUT2D eigenvalue weighted by Gasteiger charge is 2.33. The predicted molar refractivity (Wildman–Crippen MR) is 133 cm³/mol. The fraction of sp³-hybridized carbons (Fsp3) is 0.346. The van der Waals surface area contributed by atoms with Crippen molar-refractivity contribution >= 4 is 35.2 Å². The van der Waals surface area contributed by atoms with Gasteiger partial charge >= 0.3 is 12.1 Å². The highest BCUT2D eigenvalue weighted by atomic mass is 35.5. The van der Waals surface area contributed by atoms with Crippen molar-refractivity contribution in [3.8, 4) is 17.0 Å². The molecular weight excluding hydrogens is 532 g/mol. The van der Waals surface area contributed by atoms with Crippen LogP contribution in [0.15, 0.2) is 41.2 Å². The number of hydrogen-bond donors (Lipinski definition) is 1. The summed E-state index contributed by atoms with van der Waals surface area (Å²) in [6.45, 7) is 0.171. The third-order valence-electron chi connectivity index (χ3n) is 5.84. The Bertz CT molecular complexity index is 1280. The number of carboxylic acids is 1. The van der Waals surface area contributed by atoms with Crippen LogP contribution in [-0.4, -0.2) is 27.8 Å². The Morgan fingerprint density at radius 3 is 2.51 bits per heavy atom. The summed E-state index contributed by atoms with van der Waals surface area (Å²) in [4.78, 5) is 15.1. The van der Waals surface area contributed by atoms with Crippen molar-refractivity contribution in [2.45, 2.75) is 50.6 Å². The van der Waals surface area contributed by atoms with Gasteiger partial charge in [-0.3, -0.25) is 4.98 Å². The van der Waals surface area contributed by atoms with Gasteiger partial charge in [-0.2, -0.15) is 13.2 Å². The number of allylic oxidation sites excluding steroid dienone is 1. The minimum Gasteiger partial charge on any atom is -0.494 e. The lowest BCUT2D eigenvalue weighted by molar-refractivity contribution is -0.137. The number of rotatable bonds is 11. The molecule has 37 heavy (non-hydrogen) atoms. The molecule has 0 saturated heterocycles. The monoisotopic (exact) mass is 554 g/mol. The number of pyridine rings is 1. The predicted octanol–water partition coefficient (Wildman–Crippen LogP) is 8.29. The molecule has 1 aliphatic carbocycles. The molecule has 1 aromatic carbocycles. The average Bonchev–Trinajstić information content (AvgIpc) is 3.60. The molecule has 0 unspecified atom stereocenters. The molecule has 0 spiro atoms. The van der Waals surface area contributed by atoms with E-state index in [0.717, 1.165) is 55.6 Å². The van der Waals surface area contributed by atoms with Gasteiger partial charge in [0.1, 0.15) is 17.2 Å². The highest BCUT2D eigenvalue weighted by Crippen LogP contribution is 2.46. The van der Waals surface area contributed by atoms with Crippen LogP contribution in [0.3, 0.4) is 0 Å². The summed E-state index contributed by atoms with van der Waals surface area (Å²) in [5.74, 6) is -0.425. The molecule has 0 radical (unpaired) electrons. The second kappa shape index (κ2) is 11.6. The van der Waals surface area contributed by atoms with Crippen LogP contribution >= 0.6 is 23.2 Å². The fourth-order valence-corrected chi connectivity index (χ4v) is 4.37. The number of hydrogen-bond acceptors (Lipinski definition) is 5. The van der Waals surface area contributed by atoms with Crippen LogP contribution in [0.4, 0.5) is 13.2 Å². The molecule has 4 rings (SSSR count). The average molecular weight is 555 g/mol. The summed E-state index contributed by atoms with van der Waals surface area (Å²) >= 11 is 12.6. The molecule has 196 valence electrons. The number of benzene rings is 1. The van der Waals surface area contributed by atoms with Gasteiger partial charge in [0.05, 0.1) is 27.8 Å². The first-order chi connectivity index (χ1) is 17.6. The summed E-state index contributed by atoms with van der Waals surface area (Å²) in [5.41, 5.74) is 0.473. The van der Waals surface area contributed by atoms with E-state index in [1.54, 1.807) is 0 Å². The molecule has 0 aliphatic heterocycles. The van der Waals surface area contributed by atoms with E-state index < -0.39 is 23.3 Å². The molecule has 0 amide bonds. The number of ether oxygens (including phenoxy) is 1. The molecule has 2 heterocycles. The highest BCUT2D eigenvalue weighted by molar-refractivity contribution is 6.39. The second-order valence-electron chi connectivity index (χ2n) is 8.71. The van der Waals surface area contributed by atoms with Gasteiger partial charge in [0.25, 0.3) is 0 Å². The lowest BCUT2D eigenvalue weighted by Gasteiger charge is -2.12. The third kappa shape index (κ3) is 6.84. The summed E-state index contributed by atoms with van der Waals surface area (Å²) in [6, 6.07) is 2.49. The van der Waals surface area contributed by atoms with Crippen LogP contribution in [-0.2, 0) is 6.18 Å². The van der Waals surface area contributed by atoms with Gasteiger partial charge in [-0.25, -0.2) is 4.79 Å². The summed E-state index contributed by atoms with van der Waals surface area (Å²) in [5, 5.41) is 14.1. The second-order valence-corrected chi connectivity index (χ2v) is 9.53. The number of alkyl halides is 3. The van der Waals surface area contributed by atoms with Crippen LogP contribution in [0, 0.1) is 0 Å². The molecule has 1 fully saturated rings. The Balaban J connectivity index is 1.31. The quantitative estimate of drug-likeness (QED) is 0.240. The Labute approximate surface area is 221 Å². The zero-order valence-electron chi connectivity index (χ0n) is 19.5. The Kier molecular flexibility index (Phi) is 8.44. The first kappa shape index (κ1) is 27.0. The minimum atomic E-state index is -4.66. The van der Waals surface area contributed by atoms with E-state index in [9.17, 15) is 18.0 Å². The molecule has 2 aromatic heterocycles. The molecule has 0 bridgehead atoms. The van der Waals surface area contributed by atoms with Gasteiger partial charge in [0.2, 0.25) is 0 Å². The standard InChI is InChI=1S/C26H23Cl2F3N2O4/c27-20-13-32-14-21(28)22(20)23-19(24(37-33-23)15-7-8-15)6-4-2-1-3-5-9-36-18-11-16(25(34)35)10-17(12-18)26(29,30)31/h4,6,10-15H,1-3,5,7-9H2,(H,34,35)/b6-4+. The fourth-order valence-electron chi connectivity index (χ4n) is 3.83. The van der Waals surface area contributed by atoms with Gasteiger partial charge < -0.3 is 14.4 Å². The molecule has 1 aliphatic rings. The smallest absolute Gasteiger partial charge is 0.416 e. The Morgan fingerprint density at radius 2 is 1.86 bits per heavy atom. The topological polar surface area (TPSA) is 85.5 Å². The minimum absolute atomic E-state index is 0.117. The largest absolute Gasteiger partial charge is 0.494 e. The van der Waals surface area contributed by atoms with Crippen molar-refractivity contribution in [2.75, 3.05) is 6.61 Å². The van der Waals surface area contributed by atoms with Crippen molar-refractivity contribution in [3.63, 3.8) is 0 Å². The molecule has 11 heteroatoms. The molecule has 0 atom stereocenters. The van der Waals surface area contributed by atoms with Crippen molar-refractivity contribution in [3.05, 3.63) is 69.2 Å². The zero-order chi connectivity index (χ0) is 26.6. The maximum atomic E-state index is 13.0. The van der Waals surface area contributed by atoms with Gasteiger partial charge in [0, 0.05) is 29.4 Å². The van der Waals surface area contributed by atoms with E-state index in [1.807, 2.05) is 12.2 Å². The van der Waals surface area contributed by atoms with Crippen molar-refractivity contribution in [1.29, 1.82) is 0 Å². The number of nitrogens with zero attached hydrogens (tertiary/aromatic N) is 2. The lowest BCUT2D eigenvalue weighted by atomic mass is 10.0. The Hall–Kier alpha value is -3.04. The van der Waals surface area contributed by atoms with Gasteiger partial charge in [-0.15, -0.1) is 0 Å². The van der Waals surface area contributed by atoms with Crippen molar-refractivity contribution in [1.82, 2.24) is 10.1 Å². The maximum Gasteiger partial charge on any atom is 0.416 e. The number of aromatic carboxylic acids is 1. The van der Waals surface area contributed by atoms with Crippen LogP contribution in [0.1, 0.15) is 71.7 Å². The summed E-state index contributed by atoms with van der Waals surface area (Å²) in [6.07, 6.45) is 7.32. The van der Waals surface area contributed by atoms with Crippen molar-refractivity contribution in [2.24, 2.45) is 0 Å². The maximum absolute atomic E-state index is 13.0. The molecule has 6 nitrogen and oxygen atoms in total. The van der Waals surface area contributed by atoms with E-state index in [-0.39, 0.29) is 12.4 Å². The molecule has 1 saturated carbocycles. The van der Waals surface area contributed by atoms with E-state index >= 15 is 0 Å². The van der Waals surface area contributed by atoms with Crippen LogP contribution < -0.4 is 4.74 Å². The normalized spacial score (nSPS) is 13.9. The number of carbonyl (C=O) groups is 1.